The van der Waals surface area contributed by atoms with Crippen LogP contribution in [0.25, 0.3) is 0 Å². The first-order chi connectivity index (χ1) is 4.30. The Morgan fingerprint density at radius 3 is 2.56 bits per heavy atom. The fourth-order valence-electron chi connectivity index (χ4n) is 0.684. The van der Waals surface area contributed by atoms with Crippen molar-refractivity contribution >= 4 is 12.4 Å². The van der Waals surface area contributed by atoms with Gasteiger partial charge in [-0.1, -0.05) is 0 Å². The molecule has 0 amide bonds. The largest absolute Gasteiger partial charge is 0.288 e. The second-order valence-corrected chi connectivity index (χ2v) is 2.26. The van der Waals surface area contributed by atoms with Gasteiger partial charge in [0.05, 0.1) is 6.54 Å². The Balaban J connectivity index is 2.46. The zero-order chi connectivity index (χ0) is 6.69. The van der Waals surface area contributed by atoms with Gasteiger partial charge in [-0.05, 0) is 14.1 Å². The quantitative estimate of drug-likeness (QED) is 0.486. The zero-order valence-corrected chi connectivity index (χ0v) is 5.78. The van der Waals surface area contributed by atoms with Crippen molar-refractivity contribution in [2.45, 2.75) is 6.17 Å². The lowest BCUT2D eigenvalue weighted by molar-refractivity contribution is 0.310. The van der Waals surface area contributed by atoms with Crippen LogP contribution >= 0.6 is 0 Å². The maximum Gasteiger partial charge on any atom is 0.121 e. The molecule has 0 spiro atoms. The molecule has 0 aromatic heterocycles. The fourth-order valence-corrected chi connectivity index (χ4v) is 0.684. The van der Waals surface area contributed by atoms with Gasteiger partial charge in [-0.25, -0.2) is 0 Å². The molecule has 0 N–H and O–H groups in total. The van der Waals surface area contributed by atoms with Crippen LogP contribution in [0.5, 0.6) is 0 Å². The van der Waals surface area contributed by atoms with Gasteiger partial charge in [-0.2, -0.15) is 0 Å². The Kier molecular flexibility index (Phi) is 1.95. The van der Waals surface area contributed by atoms with E-state index in [0.717, 1.165) is 6.54 Å². The average Bonchev–Trinajstić information content (AvgIpc) is 1.90. The van der Waals surface area contributed by atoms with Gasteiger partial charge in [-0.15, -0.1) is 0 Å². The summed E-state index contributed by atoms with van der Waals surface area (Å²) in [6.07, 6.45) is 3.74. The topological polar surface area (TPSA) is 28.0 Å². The number of likely N-dealkylation sites (N-methyl/N-ethyl adjacent to an activating group) is 1. The van der Waals surface area contributed by atoms with Crippen molar-refractivity contribution in [3.8, 4) is 0 Å². The lowest BCUT2D eigenvalue weighted by Crippen LogP contribution is -2.30. The van der Waals surface area contributed by atoms with Crippen molar-refractivity contribution in [3.63, 3.8) is 0 Å². The molecule has 1 unspecified atom stereocenters. The van der Waals surface area contributed by atoms with Crippen LogP contribution in [0.15, 0.2) is 9.98 Å². The summed E-state index contributed by atoms with van der Waals surface area (Å²) < 4.78 is 0. The van der Waals surface area contributed by atoms with Gasteiger partial charge in [0.15, 0.2) is 0 Å². The summed E-state index contributed by atoms with van der Waals surface area (Å²) in [5, 5.41) is 0. The van der Waals surface area contributed by atoms with E-state index in [1.54, 1.807) is 12.4 Å². The van der Waals surface area contributed by atoms with Gasteiger partial charge < -0.3 is 0 Å². The van der Waals surface area contributed by atoms with E-state index in [0.29, 0.717) is 0 Å². The zero-order valence-electron chi connectivity index (χ0n) is 5.78. The third-order valence-corrected chi connectivity index (χ3v) is 1.30. The number of hydrogen-bond donors (Lipinski definition) is 0. The molecule has 0 aliphatic carbocycles. The first kappa shape index (κ1) is 6.42. The normalized spacial score (nSPS) is 25.4. The molecule has 9 heavy (non-hydrogen) atoms. The first-order valence-corrected chi connectivity index (χ1v) is 2.99. The molecular weight excluding hydrogens is 114 g/mol. The van der Waals surface area contributed by atoms with Crippen molar-refractivity contribution in [1.82, 2.24) is 4.90 Å². The molecule has 1 heterocycles. The van der Waals surface area contributed by atoms with E-state index in [4.69, 9.17) is 0 Å². The van der Waals surface area contributed by atoms with E-state index in [1.807, 2.05) is 19.0 Å². The molecule has 0 bridgehead atoms. The van der Waals surface area contributed by atoms with E-state index >= 15 is 0 Å². The molecule has 1 aliphatic heterocycles. The third kappa shape index (κ3) is 1.61. The molecule has 0 saturated heterocycles. The summed E-state index contributed by atoms with van der Waals surface area (Å²) in [5.74, 6) is 0. The Bertz CT molecular complexity index is 137. The molecule has 0 saturated carbocycles. The maximum absolute atomic E-state index is 4.18. The fraction of sp³-hybridized carbons (Fsp3) is 0.667. The highest BCUT2D eigenvalue weighted by molar-refractivity contribution is 6.16. The van der Waals surface area contributed by atoms with Crippen LogP contribution in [0.4, 0.5) is 0 Å². The number of rotatable bonds is 1. The molecule has 50 valence electrons. The van der Waals surface area contributed by atoms with E-state index in [2.05, 4.69) is 9.98 Å². The molecule has 1 atom stereocenters. The van der Waals surface area contributed by atoms with Crippen molar-refractivity contribution in [2.24, 2.45) is 9.98 Å². The second kappa shape index (κ2) is 2.73. The smallest absolute Gasteiger partial charge is 0.121 e. The van der Waals surface area contributed by atoms with Crippen LogP contribution in [0.2, 0.25) is 0 Å². The average molecular weight is 125 g/mol. The molecule has 1 aliphatic rings. The molecule has 0 aromatic carbocycles. The molecule has 0 fully saturated rings. The molecule has 0 aromatic rings. The van der Waals surface area contributed by atoms with Gasteiger partial charge in [-0.3, -0.25) is 14.9 Å². The maximum atomic E-state index is 4.18. The Morgan fingerprint density at radius 1 is 1.44 bits per heavy atom. The van der Waals surface area contributed by atoms with E-state index in [9.17, 15) is 0 Å². The van der Waals surface area contributed by atoms with Gasteiger partial charge >= 0.3 is 0 Å². The predicted octanol–water partition coefficient (Wildman–Crippen LogP) is 0.0293. The summed E-state index contributed by atoms with van der Waals surface area (Å²) in [6.45, 7) is 0.795. The predicted molar refractivity (Wildman–Crippen MR) is 39.3 cm³/mol. The van der Waals surface area contributed by atoms with Gasteiger partial charge in [0.2, 0.25) is 0 Å². The van der Waals surface area contributed by atoms with Crippen molar-refractivity contribution in [3.05, 3.63) is 0 Å². The molecule has 1 rings (SSSR count). The van der Waals surface area contributed by atoms with E-state index in [1.165, 1.54) is 0 Å². The molecular formula is C6H11N3. The van der Waals surface area contributed by atoms with Crippen molar-refractivity contribution in [1.29, 1.82) is 0 Å². The van der Waals surface area contributed by atoms with E-state index < -0.39 is 0 Å². The monoisotopic (exact) mass is 125 g/mol. The van der Waals surface area contributed by atoms with Crippen molar-refractivity contribution in [2.75, 3.05) is 20.6 Å². The Morgan fingerprint density at radius 2 is 2.22 bits per heavy atom. The van der Waals surface area contributed by atoms with Crippen LogP contribution in [-0.2, 0) is 0 Å². The summed E-state index contributed by atoms with van der Waals surface area (Å²) in [7, 11) is 4.01. The first-order valence-electron chi connectivity index (χ1n) is 2.99. The lowest BCUT2D eigenvalue weighted by atomic mass is 10.4. The van der Waals surface area contributed by atoms with Crippen LogP contribution in [-0.4, -0.2) is 44.1 Å². The standard InChI is InChI=1S/C6H11N3/c1-9(2)6-5-7-3-4-8-6/h3-4,6H,5H2,1-2H3. The SMILES string of the molecule is CN(C)C1CN=CC=N1. The van der Waals surface area contributed by atoms with Crippen molar-refractivity contribution < 1.29 is 0 Å². The summed E-state index contributed by atoms with van der Waals surface area (Å²) >= 11 is 0. The molecule has 0 radical (unpaired) electrons. The van der Waals surface area contributed by atoms with Gasteiger partial charge in [0.25, 0.3) is 0 Å². The second-order valence-electron chi connectivity index (χ2n) is 2.26. The molecule has 3 nitrogen and oxygen atoms in total. The minimum absolute atomic E-state index is 0.259. The van der Waals surface area contributed by atoms with Gasteiger partial charge in [0.1, 0.15) is 6.17 Å². The summed E-state index contributed by atoms with van der Waals surface area (Å²) in [6, 6.07) is 0. The minimum atomic E-state index is 0.259. The van der Waals surface area contributed by atoms with Crippen LogP contribution in [0.3, 0.4) is 0 Å². The Hall–Kier alpha value is -0.700. The minimum Gasteiger partial charge on any atom is -0.288 e. The van der Waals surface area contributed by atoms with Crippen LogP contribution < -0.4 is 0 Å². The number of nitrogens with zero attached hydrogens (tertiary/aromatic N) is 3. The summed E-state index contributed by atoms with van der Waals surface area (Å²) in [4.78, 5) is 10.3. The third-order valence-electron chi connectivity index (χ3n) is 1.30. The highest BCUT2D eigenvalue weighted by atomic mass is 15.2. The van der Waals surface area contributed by atoms with Crippen LogP contribution in [0.1, 0.15) is 0 Å². The van der Waals surface area contributed by atoms with Gasteiger partial charge in [0, 0.05) is 12.4 Å². The molecule has 3 heteroatoms. The Labute approximate surface area is 55.1 Å². The highest BCUT2D eigenvalue weighted by Gasteiger charge is 2.07. The van der Waals surface area contributed by atoms with Crippen LogP contribution in [0, 0.1) is 0 Å². The van der Waals surface area contributed by atoms with E-state index in [-0.39, 0.29) is 6.17 Å². The lowest BCUT2D eigenvalue weighted by Gasteiger charge is -2.18. The number of hydrogen-bond acceptors (Lipinski definition) is 3. The summed E-state index contributed by atoms with van der Waals surface area (Å²) in [5.41, 5.74) is 0. The highest BCUT2D eigenvalue weighted by Crippen LogP contribution is 1.96. The number of aliphatic imine (C=N–C) groups is 2.